The standard InChI is InChI=1S/C14H27N3O3.C2H2O4/c1-14(2,3)20-13(19)16-11-8-9(6-7-10(11)15)12(18)17(4)5;3-1(4)2(5)6/h9-11H,6-8,15H2,1-5H3,(H,16,19);(H,3,4)(H,5,6)/t9?,10-,11?;/m0./s1. The summed E-state index contributed by atoms with van der Waals surface area (Å²) in [7, 11) is 3.49. The molecule has 0 radical (unpaired) electrons. The van der Waals surface area contributed by atoms with E-state index in [0.29, 0.717) is 6.42 Å². The third-order valence-electron chi connectivity index (χ3n) is 3.58. The van der Waals surface area contributed by atoms with Crippen LogP contribution < -0.4 is 11.1 Å². The number of nitrogens with two attached hydrogens (primary N) is 1. The van der Waals surface area contributed by atoms with Crippen molar-refractivity contribution in [3.63, 3.8) is 0 Å². The van der Waals surface area contributed by atoms with Crippen molar-refractivity contribution in [2.75, 3.05) is 14.1 Å². The van der Waals surface area contributed by atoms with E-state index in [-0.39, 0.29) is 23.9 Å². The molecule has 3 atom stereocenters. The van der Waals surface area contributed by atoms with Crippen molar-refractivity contribution in [1.82, 2.24) is 10.2 Å². The minimum absolute atomic E-state index is 0.0789. The predicted octanol–water partition coefficient (Wildman–Crippen LogP) is 0.251. The van der Waals surface area contributed by atoms with Crippen molar-refractivity contribution in [3.05, 3.63) is 0 Å². The van der Waals surface area contributed by atoms with Crippen LogP contribution in [0.4, 0.5) is 4.79 Å². The van der Waals surface area contributed by atoms with Crippen LogP contribution in [0.5, 0.6) is 0 Å². The monoisotopic (exact) mass is 375 g/mol. The van der Waals surface area contributed by atoms with Gasteiger partial charge in [-0.2, -0.15) is 0 Å². The first-order valence-corrected chi connectivity index (χ1v) is 8.17. The summed E-state index contributed by atoms with van der Waals surface area (Å²) in [5.41, 5.74) is 5.49. The summed E-state index contributed by atoms with van der Waals surface area (Å²) in [6, 6.07) is -0.346. The zero-order chi connectivity index (χ0) is 20.7. The molecule has 1 aliphatic carbocycles. The van der Waals surface area contributed by atoms with Gasteiger partial charge >= 0.3 is 18.0 Å². The Morgan fingerprint density at radius 1 is 1.08 bits per heavy atom. The molecule has 2 unspecified atom stereocenters. The topological polar surface area (TPSA) is 159 Å². The summed E-state index contributed by atoms with van der Waals surface area (Å²) in [5.74, 6) is -3.64. The van der Waals surface area contributed by atoms with E-state index in [4.69, 9.17) is 30.3 Å². The Labute approximate surface area is 152 Å². The zero-order valence-electron chi connectivity index (χ0n) is 15.8. The lowest BCUT2D eigenvalue weighted by Crippen LogP contribution is -2.53. The second-order valence-corrected chi connectivity index (χ2v) is 7.27. The molecular weight excluding hydrogens is 346 g/mol. The van der Waals surface area contributed by atoms with Gasteiger partial charge in [-0.15, -0.1) is 0 Å². The predicted molar refractivity (Wildman–Crippen MR) is 92.4 cm³/mol. The molecule has 0 heterocycles. The van der Waals surface area contributed by atoms with Gasteiger partial charge in [-0.1, -0.05) is 0 Å². The smallest absolute Gasteiger partial charge is 0.414 e. The average Bonchev–Trinajstić information content (AvgIpc) is 2.47. The van der Waals surface area contributed by atoms with Crippen molar-refractivity contribution in [1.29, 1.82) is 0 Å². The van der Waals surface area contributed by atoms with Crippen LogP contribution in [-0.2, 0) is 19.1 Å². The lowest BCUT2D eigenvalue weighted by Gasteiger charge is -2.35. The van der Waals surface area contributed by atoms with Gasteiger partial charge in [-0.05, 0) is 40.0 Å². The first-order valence-electron chi connectivity index (χ1n) is 8.17. The zero-order valence-corrected chi connectivity index (χ0v) is 15.8. The van der Waals surface area contributed by atoms with Crippen LogP contribution in [0.25, 0.3) is 0 Å². The maximum Gasteiger partial charge on any atom is 0.414 e. The molecule has 0 saturated heterocycles. The molecule has 0 aromatic heterocycles. The number of carbonyl (C=O) groups is 4. The minimum atomic E-state index is -1.82. The highest BCUT2D eigenvalue weighted by Gasteiger charge is 2.34. The van der Waals surface area contributed by atoms with E-state index in [2.05, 4.69) is 5.32 Å². The molecule has 26 heavy (non-hydrogen) atoms. The van der Waals surface area contributed by atoms with Gasteiger partial charge in [-0.25, -0.2) is 14.4 Å². The quantitative estimate of drug-likeness (QED) is 0.500. The fraction of sp³-hybridized carbons (Fsp3) is 0.750. The molecule has 10 nitrogen and oxygen atoms in total. The third kappa shape index (κ3) is 9.21. The van der Waals surface area contributed by atoms with Gasteiger partial charge in [0, 0.05) is 32.1 Å². The second kappa shape index (κ2) is 9.95. The summed E-state index contributed by atoms with van der Waals surface area (Å²) in [5, 5.41) is 17.6. The van der Waals surface area contributed by atoms with E-state index in [1.807, 2.05) is 20.8 Å². The molecule has 0 aromatic carbocycles. The maximum absolute atomic E-state index is 12.0. The lowest BCUT2D eigenvalue weighted by atomic mass is 9.82. The highest BCUT2D eigenvalue weighted by molar-refractivity contribution is 6.27. The summed E-state index contributed by atoms with van der Waals surface area (Å²) in [4.78, 5) is 43.6. The number of rotatable bonds is 2. The molecule has 1 rings (SSSR count). The van der Waals surface area contributed by atoms with Crippen LogP contribution >= 0.6 is 0 Å². The van der Waals surface area contributed by atoms with Crippen LogP contribution in [0.2, 0.25) is 0 Å². The number of carboxylic acids is 2. The molecule has 0 aromatic rings. The largest absolute Gasteiger partial charge is 0.473 e. The van der Waals surface area contributed by atoms with Crippen molar-refractivity contribution in [2.24, 2.45) is 11.7 Å². The molecular formula is C16H29N3O7. The maximum atomic E-state index is 12.0. The molecule has 1 saturated carbocycles. The molecule has 10 heteroatoms. The molecule has 0 bridgehead atoms. The Kier molecular flexibility index (Phi) is 9.05. The molecule has 1 fully saturated rings. The van der Waals surface area contributed by atoms with Crippen LogP contribution in [0, 0.1) is 5.92 Å². The highest BCUT2D eigenvalue weighted by atomic mass is 16.6. The van der Waals surface area contributed by atoms with E-state index in [1.165, 1.54) is 0 Å². The number of nitrogens with one attached hydrogen (secondary N) is 1. The number of amides is 2. The van der Waals surface area contributed by atoms with Crippen molar-refractivity contribution in [2.45, 2.75) is 57.7 Å². The Bertz CT molecular complexity index is 516. The fourth-order valence-electron chi connectivity index (χ4n) is 2.41. The average molecular weight is 375 g/mol. The molecule has 0 spiro atoms. The fourth-order valence-corrected chi connectivity index (χ4v) is 2.41. The number of ether oxygens (including phenoxy) is 1. The normalized spacial score (nSPS) is 22.3. The summed E-state index contributed by atoms with van der Waals surface area (Å²) < 4.78 is 5.23. The first-order chi connectivity index (χ1) is 11.7. The van der Waals surface area contributed by atoms with E-state index < -0.39 is 23.6 Å². The summed E-state index contributed by atoms with van der Waals surface area (Å²) >= 11 is 0. The van der Waals surface area contributed by atoms with Crippen molar-refractivity contribution < 1.29 is 34.1 Å². The number of carbonyl (C=O) groups excluding carboxylic acids is 2. The van der Waals surface area contributed by atoms with E-state index in [0.717, 1.165) is 12.8 Å². The Morgan fingerprint density at radius 2 is 1.58 bits per heavy atom. The van der Waals surface area contributed by atoms with Crippen LogP contribution in [0.1, 0.15) is 40.0 Å². The molecule has 0 aliphatic heterocycles. The van der Waals surface area contributed by atoms with Crippen molar-refractivity contribution >= 4 is 23.9 Å². The Hall–Kier alpha value is -2.36. The van der Waals surface area contributed by atoms with Gasteiger partial charge < -0.3 is 30.9 Å². The Balaban J connectivity index is 0.000000896. The van der Waals surface area contributed by atoms with E-state index in [9.17, 15) is 9.59 Å². The van der Waals surface area contributed by atoms with Gasteiger partial charge in [0.15, 0.2) is 0 Å². The first kappa shape index (κ1) is 23.6. The van der Waals surface area contributed by atoms with Gasteiger partial charge in [0.1, 0.15) is 5.60 Å². The number of nitrogens with zero attached hydrogens (tertiary/aromatic N) is 1. The minimum Gasteiger partial charge on any atom is -0.473 e. The number of alkyl carbamates (subject to hydrolysis) is 1. The van der Waals surface area contributed by atoms with Crippen LogP contribution in [-0.4, -0.2) is 70.8 Å². The van der Waals surface area contributed by atoms with E-state index in [1.54, 1.807) is 19.0 Å². The molecule has 5 N–H and O–H groups in total. The van der Waals surface area contributed by atoms with Crippen molar-refractivity contribution in [3.8, 4) is 0 Å². The summed E-state index contributed by atoms with van der Waals surface area (Å²) in [6.07, 6.45) is 1.59. The lowest BCUT2D eigenvalue weighted by molar-refractivity contribution is -0.159. The molecule has 150 valence electrons. The number of hydrogen-bond donors (Lipinski definition) is 4. The van der Waals surface area contributed by atoms with Gasteiger partial charge in [0.05, 0.1) is 0 Å². The van der Waals surface area contributed by atoms with Gasteiger partial charge in [0.2, 0.25) is 5.91 Å². The number of hydrogen-bond acceptors (Lipinski definition) is 6. The van der Waals surface area contributed by atoms with Gasteiger partial charge in [-0.3, -0.25) is 4.79 Å². The third-order valence-corrected chi connectivity index (χ3v) is 3.58. The summed E-state index contributed by atoms with van der Waals surface area (Å²) in [6.45, 7) is 5.43. The Morgan fingerprint density at radius 3 is 1.96 bits per heavy atom. The number of carboxylic acid groups (broad SMARTS) is 2. The highest BCUT2D eigenvalue weighted by Crippen LogP contribution is 2.25. The molecule has 1 aliphatic rings. The van der Waals surface area contributed by atoms with Crippen LogP contribution in [0.15, 0.2) is 0 Å². The van der Waals surface area contributed by atoms with Crippen LogP contribution in [0.3, 0.4) is 0 Å². The molecule has 2 amide bonds. The number of aliphatic carboxylic acids is 2. The second-order valence-electron chi connectivity index (χ2n) is 7.27. The SMILES string of the molecule is CN(C)C(=O)C1CC[C@H](N)C(NC(=O)OC(C)(C)C)C1.O=C(O)C(=O)O. The van der Waals surface area contributed by atoms with Gasteiger partial charge in [0.25, 0.3) is 0 Å². The van der Waals surface area contributed by atoms with E-state index >= 15 is 0 Å².